The standard InChI is InChI=1S/C21H15F2N5O2/c1-10-13(21(30)28-17-4-3-15(22)14(8-25)19(10)17)6-18(29)27-11(2)20-16(23)5-12(7-24)9-26-20/h3-5,9,11H,6H2,1-2H3,(H,27,29)(H,28,30)/t11-/m0/s1. The second kappa shape index (κ2) is 8.10. The van der Waals surface area contributed by atoms with Gasteiger partial charge in [0.25, 0.3) is 5.56 Å². The van der Waals surface area contributed by atoms with Crippen LogP contribution in [-0.4, -0.2) is 15.9 Å². The van der Waals surface area contributed by atoms with Gasteiger partial charge in [0, 0.05) is 17.1 Å². The van der Waals surface area contributed by atoms with Crippen molar-refractivity contribution in [1.82, 2.24) is 15.3 Å². The highest BCUT2D eigenvalue weighted by Crippen LogP contribution is 2.24. The first-order valence-electron chi connectivity index (χ1n) is 8.85. The summed E-state index contributed by atoms with van der Waals surface area (Å²) >= 11 is 0. The number of rotatable bonds is 4. The normalized spacial score (nSPS) is 11.5. The van der Waals surface area contributed by atoms with E-state index in [0.29, 0.717) is 5.56 Å². The van der Waals surface area contributed by atoms with Crippen LogP contribution in [0, 0.1) is 41.2 Å². The fourth-order valence-electron chi connectivity index (χ4n) is 3.26. The first-order chi connectivity index (χ1) is 14.3. The summed E-state index contributed by atoms with van der Waals surface area (Å²) in [5.74, 6) is -2.06. The van der Waals surface area contributed by atoms with E-state index < -0.39 is 29.1 Å². The molecule has 30 heavy (non-hydrogen) atoms. The number of nitrogens with one attached hydrogen (secondary N) is 2. The monoisotopic (exact) mass is 407 g/mol. The second-order valence-electron chi connectivity index (χ2n) is 6.68. The molecule has 0 bridgehead atoms. The molecule has 7 nitrogen and oxygen atoms in total. The molecule has 0 fully saturated rings. The number of aromatic nitrogens is 2. The molecule has 3 rings (SSSR count). The molecule has 0 radical (unpaired) electrons. The molecule has 1 amide bonds. The maximum atomic E-state index is 14.1. The molecule has 1 aromatic carbocycles. The highest BCUT2D eigenvalue weighted by molar-refractivity contribution is 5.90. The Morgan fingerprint density at radius 1 is 1.27 bits per heavy atom. The van der Waals surface area contributed by atoms with E-state index in [9.17, 15) is 23.6 Å². The summed E-state index contributed by atoms with van der Waals surface area (Å²) in [5, 5.41) is 20.8. The van der Waals surface area contributed by atoms with Crippen LogP contribution >= 0.6 is 0 Å². The number of benzene rings is 1. The third kappa shape index (κ3) is 3.74. The van der Waals surface area contributed by atoms with Crippen LogP contribution in [0.15, 0.2) is 29.2 Å². The Labute approximate surface area is 169 Å². The van der Waals surface area contributed by atoms with Gasteiger partial charge in [0.1, 0.15) is 23.8 Å². The number of carbonyl (C=O) groups is 1. The average molecular weight is 407 g/mol. The molecule has 0 aliphatic rings. The van der Waals surface area contributed by atoms with E-state index in [4.69, 9.17) is 5.26 Å². The number of H-pyrrole nitrogens is 1. The zero-order valence-electron chi connectivity index (χ0n) is 16.0. The number of nitriles is 2. The van der Waals surface area contributed by atoms with Gasteiger partial charge in [-0.1, -0.05) is 0 Å². The number of amides is 1. The van der Waals surface area contributed by atoms with E-state index in [1.807, 2.05) is 0 Å². The van der Waals surface area contributed by atoms with Crippen molar-refractivity contribution in [3.05, 3.63) is 74.3 Å². The molecular formula is C21H15F2N5O2. The molecule has 9 heteroatoms. The molecule has 2 aromatic heterocycles. The minimum absolute atomic E-state index is 0.0497. The Hall–Kier alpha value is -4.11. The van der Waals surface area contributed by atoms with Crippen LogP contribution in [0.5, 0.6) is 0 Å². The topological polar surface area (TPSA) is 122 Å². The predicted octanol–water partition coefficient (Wildman–Crippen LogP) is 2.67. The maximum absolute atomic E-state index is 14.1. The zero-order valence-corrected chi connectivity index (χ0v) is 16.0. The number of aryl methyl sites for hydroxylation is 1. The van der Waals surface area contributed by atoms with Gasteiger partial charge in [0.05, 0.1) is 34.8 Å². The van der Waals surface area contributed by atoms with Crippen LogP contribution in [0.4, 0.5) is 8.78 Å². The highest BCUT2D eigenvalue weighted by Gasteiger charge is 2.20. The Balaban J connectivity index is 1.91. The van der Waals surface area contributed by atoms with Gasteiger partial charge in [-0.3, -0.25) is 14.6 Å². The van der Waals surface area contributed by atoms with E-state index in [1.54, 1.807) is 12.1 Å². The van der Waals surface area contributed by atoms with Gasteiger partial charge >= 0.3 is 0 Å². The Morgan fingerprint density at radius 3 is 2.63 bits per heavy atom. The third-order valence-electron chi connectivity index (χ3n) is 4.74. The molecule has 150 valence electrons. The number of carbonyl (C=O) groups excluding carboxylic acids is 1. The fraction of sp³-hybridized carbons (Fsp3) is 0.190. The fourth-order valence-corrected chi connectivity index (χ4v) is 3.26. The van der Waals surface area contributed by atoms with Gasteiger partial charge in [-0.25, -0.2) is 8.78 Å². The molecule has 0 saturated carbocycles. The molecular weight excluding hydrogens is 392 g/mol. The van der Waals surface area contributed by atoms with Crippen LogP contribution < -0.4 is 10.9 Å². The minimum atomic E-state index is -0.822. The van der Waals surface area contributed by atoms with Crippen LogP contribution in [0.25, 0.3) is 10.9 Å². The van der Waals surface area contributed by atoms with Crippen molar-refractivity contribution in [2.45, 2.75) is 26.3 Å². The molecule has 3 aromatic rings. The number of halogens is 2. The summed E-state index contributed by atoms with van der Waals surface area (Å²) in [4.78, 5) is 31.3. The predicted molar refractivity (Wildman–Crippen MR) is 103 cm³/mol. The first-order valence-corrected chi connectivity index (χ1v) is 8.85. The molecule has 2 heterocycles. The van der Waals surface area contributed by atoms with E-state index >= 15 is 0 Å². The number of nitrogens with zero attached hydrogens (tertiary/aromatic N) is 3. The van der Waals surface area contributed by atoms with Crippen LogP contribution in [0.3, 0.4) is 0 Å². The molecule has 0 aliphatic heterocycles. The lowest BCUT2D eigenvalue weighted by atomic mass is 9.98. The summed E-state index contributed by atoms with van der Waals surface area (Å²) in [5.41, 5.74) is -0.0928. The zero-order chi connectivity index (χ0) is 22.0. The van der Waals surface area contributed by atoms with Gasteiger partial charge in [-0.15, -0.1) is 0 Å². The minimum Gasteiger partial charge on any atom is -0.348 e. The SMILES string of the molecule is Cc1c(CC(=O)N[C@@H](C)c2ncc(C#N)cc2F)c(=O)[nH]c2ccc(F)c(C#N)c12. The van der Waals surface area contributed by atoms with Crippen molar-refractivity contribution in [3.8, 4) is 12.1 Å². The number of hydrogen-bond donors (Lipinski definition) is 2. The smallest absolute Gasteiger partial charge is 0.252 e. The van der Waals surface area contributed by atoms with Gasteiger partial charge in [-0.05, 0) is 37.6 Å². The van der Waals surface area contributed by atoms with Gasteiger partial charge in [-0.2, -0.15) is 10.5 Å². The molecule has 0 spiro atoms. The van der Waals surface area contributed by atoms with E-state index in [1.165, 1.54) is 26.1 Å². The average Bonchev–Trinajstić information content (AvgIpc) is 2.71. The Morgan fingerprint density at radius 2 is 2.00 bits per heavy atom. The Bertz CT molecular complexity index is 1320. The number of hydrogen-bond acceptors (Lipinski definition) is 5. The van der Waals surface area contributed by atoms with Crippen molar-refractivity contribution >= 4 is 16.8 Å². The number of fused-ring (bicyclic) bond motifs is 1. The molecule has 2 N–H and O–H groups in total. The maximum Gasteiger partial charge on any atom is 0.252 e. The van der Waals surface area contributed by atoms with Crippen LogP contribution in [0.1, 0.15) is 40.9 Å². The highest BCUT2D eigenvalue weighted by atomic mass is 19.1. The molecule has 0 unspecified atom stereocenters. The quantitative estimate of drug-likeness (QED) is 0.688. The summed E-state index contributed by atoms with van der Waals surface area (Å²) in [6.07, 6.45) is 0.831. The van der Waals surface area contributed by atoms with Crippen molar-refractivity contribution in [1.29, 1.82) is 10.5 Å². The van der Waals surface area contributed by atoms with Crippen molar-refractivity contribution in [2.75, 3.05) is 0 Å². The summed E-state index contributed by atoms with van der Waals surface area (Å²) in [6.45, 7) is 3.04. The summed E-state index contributed by atoms with van der Waals surface area (Å²) < 4.78 is 28.1. The van der Waals surface area contributed by atoms with Crippen molar-refractivity contribution in [2.24, 2.45) is 0 Å². The van der Waals surface area contributed by atoms with Crippen molar-refractivity contribution < 1.29 is 13.6 Å². The van der Waals surface area contributed by atoms with E-state index in [0.717, 1.165) is 12.1 Å². The number of pyridine rings is 2. The first kappa shape index (κ1) is 20.6. The lowest BCUT2D eigenvalue weighted by Gasteiger charge is -2.15. The van der Waals surface area contributed by atoms with Crippen LogP contribution in [0.2, 0.25) is 0 Å². The largest absolute Gasteiger partial charge is 0.348 e. The van der Waals surface area contributed by atoms with Gasteiger partial charge in [0.2, 0.25) is 5.91 Å². The lowest BCUT2D eigenvalue weighted by Crippen LogP contribution is -2.31. The van der Waals surface area contributed by atoms with Gasteiger partial charge < -0.3 is 10.3 Å². The van der Waals surface area contributed by atoms with Crippen LogP contribution in [-0.2, 0) is 11.2 Å². The third-order valence-corrected chi connectivity index (χ3v) is 4.74. The lowest BCUT2D eigenvalue weighted by molar-refractivity contribution is -0.121. The molecule has 0 saturated heterocycles. The van der Waals surface area contributed by atoms with E-state index in [2.05, 4.69) is 15.3 Å². The second-order valence-corrected chi connectivity index (χ2v) is 6.68. The summed E-state index contributed by atoms with van der Waals surface area (Å²) in [7, 11) is 0. The Kier molecular flexibility index (Phi) is 5.56. The van der Waals surface area contributed by atoms with Gasteiger partial charge in [0.15, 0.2) is 0 Å². The van der Waals surface area contributed by atoms with Crippen molar-refractivity contribution in [3.63, 3.8) is 0 Å². The number of aromatic amines is 1. The molecule has 0 aliphatic carbocycles. The summed E-state index contributed by atoms with van der Waals surface area (Å²) in [6, 6.07) is 6.18. The van der Waals surface area contributed by atoms with E-state index in [-0.39, 0.29) is 39.7 Å². The molecule has 1 atom stereocenters.